The second kappa shape index (κ2) is 5.69. The molecule has 108 valence electrons. The summed E-state index contributed by atoms with van der Waals surface area (Å²) in [5.41, 5.74) is 9.77. The molecule has 20 heavy (non-hydrogen) atoms. The molecule has 1 atom stereocenters. The molecule has 5 N–H and O–H groups in total. The van der Waals surface area contributed by atoms with E-state index in [4.69, 9.17) is 22.1 Å². The molecule has 0 heterocycles. The van der Waals surface area contributed by atoms with Gasteiger partial charge in [-0.3, -0.25) is 5.41 Å². The Morgan fingerprint density at radius 2 is 2.15 bits per heavy atom. The quantitative estimate of drug-likeness (QED) is 0.446. The van der Waals surface area contributed by atoms with Crippen LogP contribution in [0, 0.1) is 22.6 Å². The molecule has 0 aliphatic rings. The third kappa shape index (κ3) is 3.32. The lowest BCUT2D eigenvalue weighted by atomic mass is 9.92. The van der Waals surface area contributed by atoms with Gasteiger partial charge in [0, 0.05) is 5.69 Å². The van der Waals surface area contributed by atoms with E-state index in [0.717, 1.165) is 19.1 Å². The van der Waals surface area contributed by atoms with Gasteiger partial charge in [0.15, 0.2) is 6.61 Å². The Labute approximate surface area is 113 Å². The SMILES string of the molecule is CC(c1cc(N)c(C#N)cc1F)C(F)(F)COC(=N)N. The molecule has 0 bridgehead atoms. The zero-order chi connectivity index (χ0) is 15.5. The van der Waals surface area contributed by atoms with Crippen LogP contribution in [-0.2, 0) is 4.74 Å². The number of hydrogen-bond acceptors (Lipinski definition) is 4. The number of amidine groups is 1. The van der Waals surface area contributed by atoms with Gasteiger partial charge in [-0.25, -0.2) is 13.2 Å². The third-order valence-electron chi connectivity index (χ3n) is 2.81. The van der Waals surface area contributed by atoms with E-state index in [1.54, 1.807) is 6.07 Å². The smallest absolute Gasteiger partial charge is 0.288 e. The molecule has 0 saturated heterocycles. The number of benzene rings is 1. The highest BCUT2D eigenvalue weighted by atomic mass is 19.3. The average molecular weight is 286 g/mol. The Hall–Kier alpha value is -2.43. The first kappa shape index (κ1) is 15.6. The highest BCUT2D eigenvalue weighted by Crippen LogP contribution is 2.36. The fourth-order valence-corrected chi connectivity index (χ4v) is 1.56. The van der Waals surface area contributed by atoms with Crippen molar-refractivity contribution in [2.75, 3.05) is 12.3 Å². The summed E-state index contributed by atoms with van der Waals surface area (Å²) in [6.45, 7) is -0.0593. The van der Waals surface area contributed by atoms with Gasteiger partial charge in [-0.2, -0.15) is 5.26 Å². The topological polar surface area (TPSA) is 109 Å². The molecule has 1 rings (SSSR count). The number of ether oxygens (including phenoxy) is 1. The van der Waals surface area contributed by atoms with Gasteiger partial charge < -0.3 is 16.2 Å². The van der Waals surface area contributed by atoms with Crippen molar-refractivity contribution in [3.63, 3.8) is 0 Å². The second-order valence-corrected chi connectivity index (χ2v) is 4.21. The first-order valence-electron chi connectivity index (χ1n) is 5.52. The zero-order valence-corrected chi connectivity index (χ0v) is 10.6. The van der Waals surface area contributed by atoms with Gasteiger partial charge in [0.25, 0.3) is 11.9 Å². The monoisotopic (exact) mass is 286 g/mol. The maximum atomic E-state index is 13.8. The van der Waals surface area contributed by atoms with Crippen molar-refractivity contribution in [3.05, 3.63) is 29.1 Å². The number of halogens is 3. The summed E-state index contributed by atoms with van der Waals surface area (Å²) in [5, 5.41) is 15.4. The molecule has 1 unspecified atom stereocenters. The van der Waals surface area contributed by atoms with Crippen molar-refractivity contribution < 1.29 is 17.9 Å². The van der Waals surface area contributed by atoms with Crippen LogP contribution in [0.5, 0.6) is 0 Å². The molecule has 0 spiro atoms. The van der Waals surface area contributed by atoms with Crippen molar-refractivity contribution in [2.24, 2.45) is 5.73 Å². The summed E-state index contributed by atoms with van der Waals surface area (Å²) in [7, 11) is 0. The number of nitrogens with one attached hydrogen (secondary N) is 1. The minimum atomic E-state index is -3.45. The molecule has 0 aliphatic heterocycles. The number of nitrogens with two attached hydrogens (primary N) is 2. The molecule has 0 aliphatic carbocycles. The number of alkyl halides is 2. The zero-order valence-electron chi connectivity index (χ0n) is 10.6. The highest BCUT2D eigenvalue weighted by molar-refractivity contribution is 5.67. The van der Waals surface area contributed by atoms with Gasteiger partial charge in [-0.1, -0.05) is 6.92 Å². The number of nitrogen functional groups attached to an aromatic ring is 1. The van der Waals surface area contributed by atoms with Crippen LogP contribution in [0.4, 0.5) is 18.9 Å². The first-order valence-corrected chi connectivity index (χ1v) is 5.52. The van der Waals surface area contributed by atoms with Crippen LogP contribution in [0.1, 0.15) is 24.0 Å². The van der Waals surface area contributed by atoms with Crippen LogP contribution in [0.2, 0.25) is 0 Å². The van der Waals surface area contributed by atoms with Crippen LogP contribution in [-0.4, -0.2) is 18.6 Å². The van der Waals surface area contributed by atoms with E-state index >= 15 is 0 Å². The van der Waals surface area contributed by atoms with Crippen LogP contribution in [0.25, 0.3) is 0 Å². The van der Waals surface area contributed by atoms with Crippen molar-refractivity contribution in [1.82, 2.24) is 0 Å². The first-order chi connectivity index (χ1) is 9.19. The molecule has 0 fully saturated rings. The number of rotatable bonds is 4. The minimum Gasteiger partial charge on any atom is -0.459 e. The Balaban J connectivity index is 3.08. The van der Waals surface area contributed by atoms with E-state index < -0.39 is 30.3 Å². The summed E-state index contributed by atoms with van der Waals surface area (Å²) in [5.74, 6) is -5.96. The van der Waals surface area contributed by atoms with E-state index in [1.807, 2.05) is 0 Å². The molecule has 0 radical (unpaired) electrons. The molecule has 5 nitrogen and oxygen atoms in total. The Morgan fingerprint density at radius 3 is 2.65 bits per heavy atom. The average Bonchev–Trinajstić information content (AvgIpc) is 2.37. The number of hydrogen-bond donors (Lipinski definition) is 3. The van der Waals surface area contributed by atoms with Crippen LogP contribution in [0.15, 0.2) is 12.1 Å². The van der Waals surface area contributed by atoms with Gasteiger partial charge in [0.2, 0.25) is 0 Å². The summed E-state index contributed by atoms with van der Waals surface area (Å²) < 4.78 is 45.6. The van der Waals surface area contributed by atoms with Crippen LogP contribution < -0.4 is 11.5 Å². The minimum absolute atomic E-state index is 0.0842. The maximum absolute atomic E-state index is 13.8. The van der Waals surface area contributed by atoms with Crippen molar-refractivity contribution in [3.8, 4) is 6.07 Å². The highest BCUT2D eigenvalue weighted by Gasteiger charge is 2.40. The Bertz CT molecular complexity index is 569. The van der Waals surface area contributed by atoms with Crippen LogP contribution in [0.3, 0.4) is 0 Å². The lowest BCUT2D eigenvalue weighted by Gasteiger charge is -2.24. The molecule has 0 amide bonds. The van der Waals surface area contributed by atoms with Gasteiger partial charge in [0.1, 0.15) is 11.9 Å². The molecule has 0 aromatic heterocycles. The second-order valence-electron chi connectivity index (χ2n) is 4.21. The molecule has 0 saturated carbocycles. The number of nitriles is 1. The normalized spacial score (nSPS) is 12.6. The van der Waals surface area contributed by atoms with Gasteiger partial charge in [-0.05, 0) is 17.7 Å². The molecule has 8 heteroatoms. The summed E-state index contributed by atoms with van der Waals surface area (Å²) in [6.07, 6.45) is 0. The molecular weight excluding hydrogens is 273 g/mol. The summed E-state index contributed by atoms with van der Waals surface area (Å²) in [4.78, 5) is 0. The summed E-state index contributed by atoms with van der Waals surface area (Å²) >= 11 is 0. The largest absolute Gasteiger partial charge is 0.459 e. The van der Waals surface area contributed by atoms with Gasteiger partial charge >= 0.3 is 0 Å². The summed E-state index contributed by atoms with van der Waals surface area (Å²) in [6, 6.07) is 2.62. The predicted molar refractivity (Wildman–Crippen MR) is 66.8 cm³/mol. The fraction of sp³-hybridized carbons (Fsp3) is 0.333. The molecular formula is C12H13F3N4O. The fourth-order valence-electron chi connectivity index (χ4n) is 1.56. The van der Waals surface area contributed by atoms with Crippen molar-refractivity contribution in [1.29, 1.82) is 10.7 Å². The van der Waals surface area contributed by atoms with E-state index in [2.05, 4.69) is 4.74 Å². The number of nitrogens with zero attached hydrogens (tertiary/aromatic N) is 1. The van der Waals surface area contributed by atoms with Crippen LogP contribution >= 0.6 is 0 Å². The standard InChI is InChI=1S/C12H13F3N4O/c1-6(12(14,15)5-20-11(18)19)8-3-10(17)7(4-16)2-9(8)13/h2-3,6H,5,17H2,1H3,(H3,18,19). The van der Waals surface area contributed by atoms with E-state index in [0.29, 0.717) is 0 Å². The predicted octanol–water partition coefficient (Wildman–Crippen LogP) is 1.93. The third-order valence-corrected chi connectivity index (χ3v) is 2.81. The van der Waals surface area contributed by atoms with E-state index in [1.165, 1.54) is 0 Å². The Kier molecular flexibility index (Phi) is 4.45. The number of anilines is 1. The van der Waals surface area contributed by atoms with Gasteiger partial charge in [-0.15, -0.1) is 0 Å². The lowest BCUT2D eigenvalue weighted by molar-refractivity contribution is -0.0649. The van der Waals surface area contributed by atoms with Gasteiger partial charge in [0.05, 0.1) is 11.5 Å². The molecule has 1 aromatic carbocycles. The maximum Gasteiger partial charge on any atom is 0.288 e. The van der Waals surface area contributed by atoms with E-state index in [-0.39, 0.29) is 16.8 Å². The lowest BCUT2D eigenvalue weighted by Crippen LogP contribution is -2.33. The van der Waals surface area contributed by atoms with Crippen molar-refractivity contribution in [2.45, 2.75) is 18.8 Å². The molecule has 1 aromatic rings. The Morgan fingerprint density at radius 1 is 1.55 bits per heavy atom. The van der Waals surface area contributed by atoms with Crippen molar-refractivity contribution >= 4 is 11.7 Å². The van der Waals surface area contributed by atoms with E-state index in [9.17, 15) is 13.2 Å².